The van der Waals surface area contributed by atoms with Gasteiger partial charge in [-0.2, -0.15) is 4.39 Å². The van der Waals surface area contributed by atoms with Crippen molar-refractivity contribution < 1.29 is 13.4 Å². The molecule has 0 radical (unpaired) electrons. The normalized spacial score (nSPS) is 15.8. The Morgan fingerprint density at radius 3 is 2.46 bits per heavy atom. The number of anilines is 2. The average Bonchev–Trinajstić information content (AvgIpc) is 3.46. The van der Waals surface area contributed by atoms with Gasteiger partial charge in [-0.3, -0.25) is 4.79 Å². The van der Waals surface area contributed by atoms with Crippen LogP contribution in [0.3, 0.4) is 0 Å². The molecule has 1 saturated carbocycles. The van der Waals surface area contributed by atoms with Gasteiger partial charge in [0.05, 0.1) is 21.1 Å². The Bertz CT molecular complexity index is 1150. The Morgan fingerprint density at radius 2 is 1.86 bits per heavy atom. The highest BCUT2D eigenvalue weighted by molar-refractivity contribution is 7.93. The maximum atomic E-state index is 13.3. The topological polar surface area (TPSA) is 96.0 Å². The second-order valence-electron chi connectivity index (χ2n) is 6.68. The summed E-state index contributed by atoms with van der Waals surface area (Å²) in [6.45, 7) is 0. The van der Waals surface area contributed by atoms with E-state index in [9.17, 15) is 13.4 Å². The number of thiophene rings is 1. The van der Waals surface area contributed by atoms with Crippen molar-refractivity contribution in [2.75, 3.05) is 11.1 Å². The van der Waals surface area contributed by atoms with Crippen LogP contribution in [0, 0.1) is 9.91 Å². The van der Waals surface area contributed by atoms with Crippen molar-refractivity contribution in [2.24, 2.45) is 0 Å². The van der Waals surface area contributed by atoms with Gasteiger partial charge in [0, 0.05) is 20.6 Å². The monoisotopic (exact) mass is 415 g/mol. The molecule has 1 aliphatic carbocycles. The lowest BCUT2D eigenvalue weighted by molar-refractivity contribution is 0.102. The molecule has 1 aliphatic rings. The average molecular weight is 416 g/mol. The zero-order chi connectivity index (χ0) is 19.9. The predicted octanol–water partition coefficient (Wildman–Crippen LogP) is 4.96. The van der Waals surface area contributed by atoms with E-state index in [0.717, 1.165) is 34.6 Å². The number of rotatable bonds is 5. The van der Waals surface area contributed by atoms with Crippen LogP contribution in [-0.2, 0) is 9.73 Å². The number of halogens is 1. The second-order valence-corrected chi connectivity index (χ2v) is 10.1. The summed E-state index contributed by atoms with van der Waals surface area (Å²) in [4.78, 5) is 13.8. The van der Waals surface area contributed by atoms with Crippen LogP contribution in [0.15, 0.2) is 59.5 Å². The van der Waals surface area contributed by atoms with Crippen LogP contribution < -0.4 is 11.1 Å². The highest BCUT2D eigenvalue weighted by atomic mass is 32.2. The Labute approximate surface area is 166 Å². The van der Waals surface area contributed by atoms with E-state index in [-0.39, 0.29) is 16.3 Å². The SMILES string of the molecule is N=[S@@](=O)(c1ccc(C(=O)Nc2cc(-c3ccc(F)s3)ccc2N)cc1)C1CC1. The molecule has 8 heteroatoms. The van der Waals surface area contributed by atoms with Gasteiger partial charge in [0.2, 0.25) is 0 Å². The van der Waals surface area contributed by atoms with E-state index < -0.39 is 9.73 Å². The molecule has 0 unspecified atom stereocenters. The lowest BCUT2D eigenvalue weighted by Gasteiger charge is -2.11. The number of nitrogen functional groups attached to an aromatic ring is 1. The summed E-state index contributed by atoms with van der Waals surface area (Å²) in [6, 6.07) is 14.5. The fourth-order valence-corrected chi connectivity index (χ4v) is 5.33. The minimum absolute atomic E-state index is 0.0724. The fraction of sp³-hybridized carbons (Fsp3) is 0.150. The van der Waals surface area contributed by atoms with Gasteiger partial charge in [0.1, 0.15) is 0 Å². The molecule has 1 amide bonds. The van der Waals surface area contributed by atoms with Crippen LogP contribution in [0.2, 0.25) is 0 Å². The minimum Gasteiger partial charge on any atom is -0.397 e. The Morgan fingerprint density at radius 1 is 1.14 bits per heavy atom. The van der Waals surface area contributed by atoms with Gasteiger partial charge in [-0.15, -0.1) is 11.3 Å². The molecular formula is C20H18FN3O2S2. The van der Waals surface area contributed by atoms with Crippen LogP contribution in [0.1, 0.15) is 23.2 Å². The standard InChI is InChI=1S/C20H18FN3O2S2/c21-19-10-9-18(27-19)13-3-8-16(22)17(11-13)24-20(25)12-1-4-14(5-2-12)28(23,26)15-6-7-15/h1-5,8-11,15,23H,6-7,22H2,(H,24,25)/t28-/m1/s1. The molecule has 4 rings (SSSR count). The molecule has 3 aromatic rings. The van der Waals surface area contributed by atoms with Crippen molar-refractivity contribution >= 4 is 38.3 Å². The molecule has 1 fully saturated rings. The van der Waals surface area contributed by atoms with Gasteiger partial charge in [-0.05, 0) is 66.9 Å². The first-order chi connectivity index (χ1) is 13.3. The number of hydrogen-bond donors (Lipinski definition) is 3. The highest BCUT2D eigenvalue weighted by Crippen LogP contribution is 2.34. The molecule has 144 valence electrons. The summed E-state index contributed by atoms with van der Waals surface area (Å²) >= 11 is 1.02. The summed E-state index contributed by atoms with van der Waals surface area (Å²) in [5.41, 5.74) is 7.94. The summed E-state index contributed by atoms with van der Waals surface area (Å²) in [7, 11) is -2.79. The van der Waals surface area contributed by atoms with Gasteiger partial charge in [-0.1, -0.05) is 6.07 Å². The molecule has 0 bridgehead atoms. The number of amides is 1. The third kappa shape index (κ3) is 3.65. The fourth-order valence-electron chi connectivity index (χ4n) is 2.88. The molecule has 0 aliphatic heterocycles. The number of carbonyl (C=O) groups is 1. The van der Waals surface area contributed by atoms with Crippen molar-refractivity contribution in [3.05, 3.63) is 65.3 Å². The molecule has 0 spiro atoms. The van der Waals surface area contributed by atoms with Gasteiger partial charge in [-0.25, -0.2) is 8.99 Å². The third-order valence-electron chi connectivity index (χ3n) is 4.62. The maximum Gasteiger partial charge on any atom is 0.255 e. The molecule has 4 N–H and O–H groups in total. The van der Waals surface area contributed by atoms with Crippen LogP contribution in [0.5, 0.6) is 0 Å². The third-order valence-corrected chi connectivity index (χ3v) is 7.93. The quantitative estimate of drug-likeness (QED) is 0.514. The number of benzene rings is 2. The largest absolute Gasteiger partial charge is 0.397 e. The van der Waals surface area contributed by atoms with Crippen molar-refractivity contribution in [3.63, 3.8) is 0 Å². The first-order valence-corrected chi connectivity index (χ1v) is 11.1. The van der Waals surface area contributed by atoms with E-state index in [1.54, 1.807) is 48.5 Å². The van der Waals surface area contributed by atoms with Gasteiger partial charge in [0.15, 0.2) is 5.13 Å². The summed E-state index contributed by atoms with van der Waals surface area (Å²) in [6.07, 6.45) is 1.63. The van der Waals surface area contributed by atoms with Crippen molar-refractivity contribution in [1.29, 1.82) is 4.78 Å². The summed E-state index contributed by atoms with van der Waals surface area (Å²) < 4.78 is 33.8. The molecule has 1 heterocycles. The van der Waals surface area contributed by atoms with E-state index in [2.05, 4.69) is 5.32 Å². The van der Waals surface area contributed by atoms with E-state index in [1.807, 2.05) is 0 Å². The molecular weight excluding hydrogens is 397 g/mol. The Balaban J connectivity index is 1.55. The van der Waals surface area contributed by atoms with Gasteiger partial charge in [0.25, 0.3) is 5.91 Å². The first-order valence-electron chi connectivity index (χ1n) is 8.69. The predicted molar refractivity (Wildman–Crippen MR) is 111 cm³/mol. The number of carbonyl (C=O) groups excluding carboxylic acids is 1. The number of hydrogen-bond acceptors (Lipinski definition) is 5. The van der Waals surface area contributed by atoms with Crippen LogP contribution in [0.25, 0.3) is 10.4 Å². The molecule has 1 atom stereocenters. The second kappa shape index (κ2) is 7.03. The number of nitrogens with one attached hydrogen (secondary N) is 2. The van der Waals surface area contributed by atoms with Crippen LogP contribution in [-0.4, -0.2) is 15.4 Å². The zero-order valence-corrected chi connectivity index (χ0v) is 16.4. The summed E-state index contributed by atoms with van der Waals surface area (Å²) in [5, 5.41) is 2.41. The molecule has 28 heavy (non-hydrogen) atoms. The van der Waals surface area contributed by atoms with Gasteiger partial charge >= 0.3 is 0 Å². The molecule has 0 saturated heterocycles. The van der Waals surface area contributed by atoms with E-state index in [0.29, 0.717) is 21.8 Å². The lowest BCUT2D eigenvalue weighted by atomic mass is 10.1. The Hall–Kier alpha value is -2.71. The van der Waals surface area contributed by atoms with Crippen molar-refractivity contribution in [1.82, 2.24) is 0 Å². The zero-order valence-electron chi connectivity index (χ0n) is 14.8. The van der Waals surface area contributed by atoms with Gasteiger partial charge < -0.3 is 11.1 Å². The molecule has 2 aromatic carbocycles. The molecule has 5 nitrogen and oxygen atoms in total. The van der Waals surface area contributed by atoms with E-state index in [1.165, 1.54) is 6.07 Å². The van der Waals surface area contributed by atoms with Crippen LogP contribution >= 0.6 is 11.3 Å². The van der Waals surface area contributed by atoms with Crippen molar-refractivity contribution in [3.8, 4) is 10.4 Å². The van der Waals surface area contributed by atoms with E-state index >= 15 is 0 Å². The first kappa shape index (κ1) is 18.6. The highest BCUT2D eigenvalue weighted by Gasteiger charge is 2.33. The Kier molecular flexibility index (Phi) is 4.68. The minimum atomic E-state index is -2.79. The summed E-state index contributed by atoms with van der Waals surface area (Å²) in [5.74, 6) is -0.365. The number of nitrogens with two attached hydrogens (primary N) is 1. The van der Waals surface area contributed by atoms with E-state index in [4.69, 9.17) is 10.5 Å². The maximum absolute atomic E-state index is 13.3. The smallest absolute Gasteiger partial charge is 0.255 e. The van der Waals surface area contributed by atoms with Crippen LogP contribution in [0.4, 0.5) is 15.8 Å². The molecule has 1 aromatic heterocycles. The lowest BCUT2D eigenvalue weighted by Crippen LogP contribution is -2.13. The van der Waals surface area contributed by atoms with Crippen molar-refractivity contribution in [2.45, 2.75) is 23.0 Å².